The Morgan fingerprint density at radius 1 is 1.19 bits per heavy atom. The van der Waals surface area contributed by atoms with Gasteiger partial charge in [0.15, 0.2) is 12.3 Å². The first kappa shape index (κ1) is 26.7. The summed E-state index contributed by atoms with van der Waals surface area (Å²) in [6.45, 7) is -1.93. The van der Waals surface area contributed by atoms with Crippen LogP contribution in [0.4, 0.5) is 8.78 Å². The van der Waals surface area contributed by atoms with Crippen LogP contribution in [0.5, 0.6) is 0 Å². The van der Waals surface area contributed by atoms with E-state index in [9.17, 15) is 33.3 Å². The van der Waals surface area contributed by atoms with Gasteiger partial charge in [0.25, 0.3) is 11.4 Å². The fourth-order valence-corrected chi connectivity index (χ4v) is 5.43. The summed E-state index contributed by atoms with van der Waals surface area (Å²) in [7, 11) is -17.5. The quantitative estimate of drug-likeness (QED) is 0.171. The zero-order valence-corrected chi connectivity index (χ0v) is 17.7. The number of alkyl halides is 2. The minimum atomic E-state index is -5.95. The molecule has 1 aromatic heterocycles. The Bertz CT molecular complexity index is 1190. The smallest absolute Gasteiger partial charge is 0.383 e. The first-order valence-corrected chi connectivity index (χ1v) is 12.2. The maximum absolute atomic E-state index is 15.1. The number of hydrogen-bond donors (Lipinski definition) is 6. The van der Waals surface area contributed by atoms with Crippen molar-refractivity contribution < 1.29 is 65.0 Å². The summed E-state index contributed by atoms with van der Waals surface area (Å²) in [5.41, 5.74) is -5.80. The number of ether oxygens (including phenoxy) is 1. The summed E-state index contributed by atoms with van der Waals surface area (Å²) < 4.78 is 79.4. The molecule has 21 heteroatoms. The van der Waals surface area contributed by atoms with Gasteiger partial charge in [0, 0.05) is 12.3 Å². The summed E-state index contributed by atoms with van der Waals surface area (Å²) in [4.78, 5) is 59.9. The average Bonchev–Trinajstić information content (AvgIpc) is 2.80. The van der Waals surface area contributed by atoms with Gasteiger partial charge in [0.05, 0.1) is 0 Å². The van der Waals surface area contributed by atoms with E-state index < -0.39 is 65.2 Å². The minimum Gasteiger partial charge on any atom is -0.383 e. The Morgan fingerprint density at radius 3 is 2.28 bits per heavy atom. The number of phosphoric ester groups is 1. The van der Waals surface area contributed by atoms with Crippen LogP contribution in [-0.4, -0.2) is 58.5 Å². The molecule has 1 saturated heterocycles. The highest BCUT2D eigenvalue weighted by atomic mass is 31.3. The number of aliphatic hydroxyl groups excluding tert-OH is 1. The van der Waals surface area contributed by atoms with Crippen molar-refractivity contribution in [3.63, 3.8) is 0 Å². The van der Waals surface area contributed by atoms with E-state index in [-0.39, 0.29) is 4.57 Å². The first-order valence-electron chi connectivity index (χ1n) is 7.65. The van der Waals surface area contributed by atoms with E-state index in [4.69, 9.17) is 21.1 Å². The number of rotatable bonds is 8. The molecule has 2 rings (SSSR count). The first-order chi connectivity index (χ1) is 14.3. The Balaban J connectivity index is 2.28. The molecule has 32 heavy (non-hydrogen) atoms. The van der Waals surface area contributed by atoms with Crippen molar-refractivity contribution in [1.82, 2.24) is 9.55 Å². The number of aliphatic hydroxyl groups is 1. The predicted octanol–water partition coefficient (Wildman–Crippen LogP) is -1.22. The molecule has 0 saturated carbocycles. The van der Waals surface area contributed by atoms with Crippen molar-refractivity contribution in [3.05, 3.63) is 33.1 Å². The molecule has 6 N–H and O–H groups in total. The number of nitrogens with one attached hydrogen (secondary N) is 1. The summed E-state index contributed by atoms with van der Waals surface area (Å²) >= 11 is 0. The second kappa shape index (κ2) is 8.65. The third-order valence-corrected chi connectivity index (χ3v) is 7.42. The van der Waals surface area contributed by atoms with Crippen LogP contribution < -0.4 is 11.2 Å². The van der Waals surface area contributed by atoms with Gasteiger partial charge in [-0.2, -0.15) is 8.62 Å². The van der Waals surface area contributed by atoms with E-state index in [0.29, 0.717) is 12.3 Å². The van der Waals surface area contributed by atoms with Gasteiger partial charge < -0.3 is 29.4 Å². The minimum absolute atomic E-state index is 0.247. The third kappa shape index (κ3) is 5.86. The highest BCUT2D eigenvalue weighted by molar-refractivity contribution is 7.66. The molecule has 16 nitrogen and oxygen atoms in total. The number of terminal acetylenes is 1. The standard InChI is InChI=1S/C11H13F2N2O14P3/c1-2-10(12)7(17)11(13,27-8(10)15-4-3-6(16)14-9(15)18)5-26-31(22,23)29-32(24,25)28-30(19,20)21/h1,3-4,7-8,17H,5H2,(H,22,23)(H,24,25)(H,14,16,18)(H2,19,20,21)/t7-,8+,10+,11+/m0/s1. The molecule has 6 atom stereocenters. The number of halogens is 2. The van der Waals surface area contributed by atoms with Crippen molar-refractivity contribution in [2.75, 3.05) is 6.61 Å². The number of nitrogens with zero attached hydrogens (tertiary/aromatic N) is 1. The number of aromatic amines is 1. The molecule has 0 spiro atoms. The lowest BCUT2D eigenvalue weighted by molar-refractivity contribution is -0.204. The lowest BCUT2D eigenvalue weighted by Crippen LogP contribution is -2.48. The van der Waals surface area contributed by atoms with E-state index in [1.165, 1.54) is 5.92 Å². The number of aromatic nitrogens is 2. The van der Waals surface area contributed by atoms with E-state index in [1.807, 2.05) is 0 Å². The van der Waals surface area contributed by atoms with Crippen LogP contribution in [0.2, 0.25) is 0 Å². The Hall–Kier alpha value is -1.57. The number of hydrogen-bond acceptors (Lipinski definition) is 10. The van der Waals surface area contributed by atoms with Crippen LogP contribution in [0.25, 0.3) is 0 Å². The molecular weight excluding hydrogens is 515 g/mol. The largest absolute Gasteiger partial charge is 0.490 e. The van der Waals surface area contributed by atoms with Crippen molar-refractivity contribution in [1.29, 1.82) is 0 Å². The van der Waals surface area contributed by atoms with Crippen LogP contribution in [0.3, 0.4) is 0 Å². The van der Waals surface area contributed by atoms with E-state index in [2.05, 4.69) is 17.9 Å². The van der Waals surface area contributed by atoms with Gasteiger partial charge in [-0.25, -0.2) is 27.3 Å². The molecular formula is C11H13F2N2O14P3. The van der Waals surface area contributed by atoms with E-state index in [0.717, 1.165) is 0 Å². The van der Waals surface area contributed by atoms with Crippen LogP contribution in [0, 0.1) is 12.3 Å². The molecule has 2 unspecified atom stereocenters. The summed E-state index contributed by atoms with van der Waals surface area (Å²) in [6.07, 6.45) is 0.153. The lowest BCUT2D eigenvalue weighted by atomic mass is 9.96. The van der Waals surface area contributed by atoms with Crippen molar-refractivity contribution >= 4 is 23.5 Å². The Labute approximate surface area is 174 Å². The summed E-state index contributed by atoms with van der Waals surface area (Å²) in [5.74, 6) is -2.45. The molecule has 180 valence electrons. The van der Waals surface area contributed by atoms with Crippen LogP contribution in [0.1, 0.15) is 6.23 Å². The van der Waals surface area contributed by atoms with Crippen molar-refractivity contribution in [2.45, 2.75) is 23.9 Å². The molecule has 0 aromatic carbocycles. The highest BCUT2D eigenvalue weighted by Gasteiger charge is 2.67. The van der Waals surface area contributed by atoms with Gasteiger partial charge in [0.2, 0.25) is 5.67 Å². The lowest BCUT2D eigenvalue weighted by Gasteiger charge is -2.25. The average molecular weight is 528 g/mol. The molecule has 0 bridgehead atoms. The zero-order chi connectivity index (χ0) is 24.8. The van der Waals surface area contributed by atoms with Gasteiger partial charge >= 0.3 is 29.2 Å². The van der Waals surface area contributed by atoms with Gasteiger partial charge in [-0.3, -0.25) is 18.9 Å². The second-order valence-corrected chi connectivity index (χ2v) is 10.4. The second-order valence-electron chi connectivity index (χ2n) is 5.95. The Kier molecular flexibility index (Phi) is 7.21. The molecule has 0 aliphatic carbocycles. The van der Waals surface area contributed by atoms with E-state index in [1.54, 1.807) is 4.98 Å². The van der Waals surface area contributed by atoms with Gasteiger partial charge in [-0.15, -0.1) is 6.42 Å². The van der Waals surface area contributed by atoms with Gasteiger partial charge in [0.1, 0.15) is 6.61 Å². The number of H-pyrrole nitrogens is 1. The maximum Gasteiger partial charge on any atom is 0.490 e. The van der Waals surface area contributed by atoms with Crippen LogP contribution in [-0.2, 0) is 31.6 Å². The maximum atomic E-state index is 15.1. The monoisotopic (exact) mass is 528 g/mol. The SMILES string of the molecule is C#C[C@]1(F)[C@H](n2ccc(=O)[nH]c2=O)O[C@](F)(COP(=O)(O)OP(=O)(O)OP(=O)(O)O)[C@H]1O. The molecule has 2 heterocycles. The fourth-order valence-electron chi connectivity index (χ4n) is 2.39. The molecule has 1 aromatic rings. The molecule has 1 fully saturated rings. The molecule has 1 aliphatic rings. The van der Waals surface area contributed by atoms with Gasteiger partial charge in [-0.05, 0) is 0 Å². The highest BCUT2D eigenvalue weighted by Crippen LogP contribution is 2.66. The summed E-state index contributed by atoms with van der Waals surface area (Å²) in [5, 5.41) is 10.00. The molecule has 0 amide bonds. The van der Waals surface area contributed by atoms with Crippen LogP contribution >= 0.6 is 23.5 Å². The predicted molar refractivity (Wildman–Crippen MR) is 93.8 cm³/mol. The summed E-state index contributed by atoms with van der Waals surface area (Å²) in [6, 6.07) is 0.693. The van der Waals surface area contributed by atoms with Crippen molar-refractivity contribution in [2.24, 2.45) is 0 Å². The normalized spacial score (nSPS) is 32.1. The van der Waals surface area contributed by atoms with Gasteiger partial charge in [-0.1, -0.05) is 5.92 Å². The van der Waals surface area contributed by atoms with Crippen molar-refractivity contribution in [3.8, 4) is 12.3 Å². The third-order valence-electron chi connectivity index (χ3n) is 3.64. The zero-order valence-electron chi connectivity index (χ0n) is 15.0. The number of phosphoric acid groups is 3. The molecule has 0 radical (unpaired) electrons. The van der Waals surface area contributed by atoms with E-state index >= 15 is 8.78 Å². The fraction of sp³-hybridized carbons (Fsp3) is 0.455. The Morgan fingerprint density at radius 2 is 1.78 bits per heavy atom. The van der Waals surface area contributed by atoms with Crippen LogP contribution in [0.15, 0.2) is 21.9 Å². The topological polar surface area (TPSA) is 244 Å². The molecule has 1 aliphatic heterocycles.